The van der Waals surface area contributed by atoms with E-state index in [9.17, 15) is 18.8 Å². The number of primary amides is 1. The molecule has 2 atom stereocenters. The van der Waals surface area contributed by atoms with E-state index < -0.39 is 35.6 Å². The first-order valence-corrected chi connectivity index (χ1v) is 11.2. The SMILES string of the molecule is CC(=O)N[C@@H](Cc1ccccc1F)C(=O)N[C@@H](Cc1cccc(OCc2ccccc2)c1)C(N)=O. The van der Waals surface area contributed by atoms with Crippen LogP contribution in [0.1, 0.15) is 23.6 Å². The Labute approximate surface area is 203 Å². The zero-order valence-corrected chi connectivity index (χ0v) is 19.4. The van der Waals surface area contributed by atoms with Crippen LogP contribution in [0.25, 0.3) is 0 Å². The normalized spacial score (nSPS) is 12.3. The van der Waals surface area contributed by atoms with Gasteiger partial charge in [-0.25, -0.2) is 4.39 Å². The quantitative estimate of drug-likeness (QED) is 0.394. The molecule has 0 spiro atoms. The van der Waals surface area contributed by atoms with E-state index in [-0.39, 0.29) is 18.4 Å². The number of amides is 3. The molecular formula is C27H28FN3O4. The zero-order valence-electron chi connectivity index (χ0n) is 19.4. The van der Waals surface area contributed by atoms with Gasteiger partial charge in [-0.1, -0.05) is 60.7 Å². The first-order valence-electron chi connectivity index (χ1n) is 11.2. The number of rotatable bonds is 11. The van der Waals surface area contributed by atoms with Crippen LogP contribution in [0.5, 0.6) is 5.75 Å². The Bertz CT molecular complexity index is 1170. The lowest BCUT2D eigenvalue weighted by Crippen LogP contribution is -2.54. The van der Waals surface area contributed by atoms with Gasteiger partial charge in [0.2, 0.25) is 17.7 Å². The largest absolute Gasteiger partial charge is 0.489 e. The van der Waals surface area contributed by atoms with Gasteiger partial charge in [0.25, 0.3) is 0 Å². The summed E-state index contributed by atoms with van der Waals surface area (Å²) in [7, 11) is 0. The molecule has 0 heterocycles. The van der Waals surface area contributed by atoms with Crippen molar-refractivity contribution in [3.63, 3.8) is 0 Å². The molecule has 0 aromatic heterocycles. The molecule has 0 aliphatic heterocycles. The second-order valence-corrected chi connectivity index (χ2v) is 8.14. The third kappa shape index (κ3) is 7.96. The lowest BCUT2D eigenvalue weighted by molar-refractivity contribution is -0.130. The van der Waals surface area contributed by atoms with Gasteiger partial charge in [-0.2, -0.15) is 0 Å². The van der Waals surface area contributed by atoms with Crippen molar-refractivity contribution in [2.24, 2.45) is 5.73 Å². The summed E-state index contributed by atoms with van der Waals surface area (Å²) in [4.78, 5) is 36.7. The fourth-order valence-corrected chi connectivity index (χ4v) is 3.57. The Balaban J connectivity index is 1.68. The van der Waals surface area contributed by atoms with Crippen molar-refractivity contribution in [3.05, 3.63) is 101 Å². The summed E-state index contributed by atoms with van der Waals surface area (Å²) in [5, 5.41) is 5.11. The Morgan fingerprint density at radius 2 is 1.54 bits per heavy atom. The molecule has 4 N–H and O–H groups in total. The number of nitrogens with two attached hydrogens (primary N) is 1. The van der Waals surface area contributed by atoms with Gasteiger partial charge in [-0.3, -0.25) is 14.4 Å². The third-order valence-corrected chi connectivity index (χ3v) is 5.32. The van der Waals surface area contributed by atoms with E-state index in [4.69, 9.17) is 10.5 Å². The van der Waals surface area contributed by atoms with Crippen molar-refractivity contribution in [2.45, 2.75) is 38.5 Å². The van der Waals surface area contributed by atoms with Crippen LogP contribution in [-0.2, 0) is 33.8 Å². The summed E-state index contributed by atoms with van der Waals surface area (Å²) in [6, 6.07) is 20.7. The predicted octanol–water partition coefficient (Wildman–Crippen LogP) is 2.66. The van der Waals surface area contributed by atoms with E-state index in [1.807, 2.05) is 30.3 Å². The van der Waals surface area contributed by atoms with Crippen molar-refractivity contribution in [2.75, 3.05) is 0 Å². The fourth-order valence-electron chi connectivity index (χ4n) is 3.57. The summed E-state index contributed by atoms with van der Waals surface area (Å²) in [6.45, 7) is 1.64. The van der Waals surface area contributed by atoms with E-state index in [0.717, 1.165) is 11.1 Å². The van der Waals surface area contributed by atoms with Crippen molar-refractivity contribution in [1.29, 1.82) is 0 Å². The third-order valence-electron chi connectivity index (χ3n) is 5.32. The number of benzene rings is 3. The molecule has 0 fully saturated rings. The van der Waals surface area contributed by atoms with Crippen molar-refractivity contribution >= 4 is 17.7 Å². The van der Waals surface area contributed by atoms with E-state index >= 15 is 0 Å². The highest BCUT2D eigenvalue weighted by molar-refractivity contribution is 5.91. The highest BCUT2D eigenvalue weighted by Crippen LogP contribution is 2.17. The monoisotopic (exact) mass is 477 g/mol. The molecule has 0 aliphatic carbocycles. The van der Waals surface area contributed by atoms with Crippen LogP contribution in [0.2, 0.25) is 0 Å². The van der Waals surface area contributed by atoms with Crippen LogP contribution in [0.15, 0.2) is 78.9 Å². The Hall–Kier alpha value is -4.20. The number of nitrogens with one attached hydrogen (secondary N) is 2. The number of hydrogen-bond acceptors (Lipinski definition) is 4. The summed E-state index contributed by atoms with van der Waals surface area (Å²) in [6.07, 6.45) is 0.0441. The van der Waals surface area contributed by atoms with Gasteiger partial charge >= 0.3 is 0 Å². The molecule has 0 saturated heterocycles. The van der Waals surface area contributed by atoms with Crippen molar-refractivity contribution in [3.8, 4) is 5.75 Å². The molecule has 35 heavy (non-hydrogen) atoms. The molecule has 7 nitrogen and oxygen atoms in total. The van der Waals surface area contributed by atoms with E-state index in [2.05, 4.69) is 10.6 Å². The number of hydrogen-bond donors (Lipinski definition) is 3. The Morgan fingerprint density at radius 1 is 0.857 bits per heavy atom. The summed E-state index contributed by atoms with van der Waals surface area (Å²) in [5.74, 6) is -1.71. The predicted molar refractivity (Wildman–Crippen MR) is 130 cm³/mol. The molecule has 0 bridgehead atoms. The molecule has 0 radical (unpaired) electrons. The molecular weight excluding hydrogens is 449 g/mol. The van der Waals surface area contributed by atoms with Crippen LogP contribution in [0.3, 0.4) is 0 Å². The molecule has 0 unspecified atom stereocenters. The smallest absolute Gasteiger partial charge is 0.243 e. The molecule has 8 heteroatoms. The molecule has 182 valence electrons. The fraction of sp³-hybridized carbons (Fsp3) is 0.222. The maximum Gasteiger partial charge on any atom is 0.243 e. The van der Waals surface area contributed by atoms with E-state index in [0.29, 0.717) is 12.4 Å². The zero-order chi connectivity index (χ0) is 25.2. The lowest BCUT2D eigenvalue weighted by atomic mass is 10.0. The van der Waals surface area contributed by atoms with Gasteiger partial charge in [0, 0.05) is 19.8 Å². The maximum atomic E-state index is 14.1. The minimum absolute atomic E-state index is 0.0770. The molecule has 3 rings (SSSR count). The second kappa shape index (κ2) is 12.3. The van der Waals surface area contributed by atoms with Gasteiger partial charge in [0.05, 0.1) is 0 Å². The van der Waals surface area contributed by atoms with Crippen molar-refractivity contribution < 1.29 is 23.5 Å². The van der Waals surface area contributed by atoms with Gasteiger partial charge in [-0.15, -0.1) is 0 Å². The molecule has 0 aliphatic rings. The van der Waals surface area contributed by atoms with E-state index in [1.54, 1.807) is 30.3 Å². The highest BCUT2D eigenvalue weighted by atomic mass is 19.1. The van der Waals surface area contributed by atoms with Gasteiger partial charge in [0.1, 0.15) is 30.3 Å². The molecule has 0 saturated carbocycles. The van der Waals surface area contributed by atoms with Crippen LogP contribution in [-0.4, -0.2) is 29.8 Å². The number of ether oxygens (including phenoxy) is 1. The van der Waals surface area contributed by atoms with E-state index in [1.165, 1.54) is 25.1 Å². The molecule has 3 amide bonds. The van der Waals surface area contributed by atoms with Crippen LogP contribution < -0.4 is 21.1 Å². The maximum absolute atomic E-state index is 14.1. The second-order valence-electron chi connectivity index (χ2n) is 8.14. The average Bonchev–Trinajstić information content (AvgIpc) is 2.84. The molecule has 3 aromatic rings. The molecule has 3 aromatic carbocycles. The first-order chi connectivity index (χ1) is 16.8. The van der Waals surface area contributed by atoms with Crippen LogP contribution >= 0.6 is 0 Å². The minimum atomic E-state index is -1.08. The summed E-state index contributed by atoms with van der Waals surface area (Å²) in [5.41, 5.74) is 7.56. The summed E-state index contributed by atoms with van der Waals surface area (Å²) < 4.78 is 19.9. The van der Waals surface area contributed by atoms with Crippen LogP contribution in [0, 0.1) is 5.82 Å². The van der Waals surface area contributed by atoms with Gasteiger partial charge in [-0.05, 0) is 34.9 Å². The number of carbonyl (C=O) groups excluding carboxylic acids is 3. The van der Waals surface area contributed by atoms with Gasteiger partial charge < -0.3 is 21.1 Å². The Morgan fingerprint density at radius 3 is 2.23 bits per heavy atom. The summed E-state index contributed by atoms with van der Waals surface area (Å²) >= 11 is 0. The Kier molecular flexibility index (Phi) is 8.95. The first kappa shape index (κ1) is 25.4. The topological polar surface area (TPSA) is 111 Å². The number of halogens is 1. The lowest BCUT2D eigenvalue weighted by Gasteiger charge is -2.22. The van der Waals surface area contributed by atoms with Crippen molar-refractivity contribution in [1.82, 2.24) is 10.6 Å². The average molecular weight is 478 g/mol. The standard InChI is InChI=1S/C27H28FN3O4/c1-18(32)30-25(16-21-11-5-6-13-23(21)28)27(34)31-24(26(29)33)15-20-10-7-12-22(14-20)35-17-19-8-3-2-4-9-19/h2-14,24-25H,15-17H2,1H3,(H2,29,33)(H,30,32)(H,31,34)/t24-,25-/m0/s1. The highest BCUT2D eigenvalue weighted by Gasteiger charge is 2.26. The number of carbonyl (C=O) groups is 3. The minimum Gasteiger partial charge on any atom is -0.489 e. The van der Waals surface area contributed by atoms with Gasteiger partial charge in [0.15, 0.2) is 0 Å². The van der Waals surface area contributed by atoms with Crippen LogP contribution in [0.4, 0.5) is 4.39 Å².